The number of aliphatic hydroxyl groups is 1. The van der Waals surface area contributed by atoms with Crippen molar-refractivity contribution in [3.8, 4) is 0 Å². The highest BCUT2D eigenvalue weighted by Gasteiger charge is 2.21. The van der Waals surface area contributed by atoms with Crippen molar-refractivity contribution in [1.29, 1.82) is 0 Å². The number of fused-ring (bicyclic) bond motifs is 1. The van der Waals surface area contributed by atoms with Gasteiger partial charge in [0.2, 0.25) is 0 Å². The number of aromatic nitrogens is 1. The van der Waals surface area contributed by atoms with E-state index < -0.39 is 0 Å². The summed E-state index contributed by atoms with van der Waals surface area (Å²) in [6, 6.07) is 18.2. The molecule has 5 heteroatoms. The van der Waals surface area contributed by atoms with Crippen LogP contribution in [0.15, 0.2) is 60.8 Å². The number of hydrogen-bond acceptors (Lipinski definition) is 5. The van der Waals surface area contributed by atoms with E-state index in [4.69, 9.17) is 0 Å². The first-order valence-corrected chi connectivity index (χ1v) is 10.2. The monoisotopic (exact) mass is 389 g/mol. The first kappa shape index (κ1) is 19.6. The van der Waals surface area contributed by atoms with E-state index in [0.29, 0.717) is 19.0 Å². The van der Waals surface area contributed by atoms with Crippen molar-refractivity contribution in [1.82, 2.24) is 9.88 Å². The second-order valence-electron chi connectivity index (χ2n) is 7.72. The van der Waals surface area contributed by atoms with Crippen LogP contribution in [0.3, 0.4) is 0 Å². The van der Waals surface area contributed by atoms with Crippen LogP contribution in [0.25, 0.3) is 10.9 Å². The van der Waals surface area contributed by atoms with E-state index in [1.54, 1.807) is 6.20 Å². The first-order chi connectivity index (χ1) is 14.2. The smallest absolute Gasteiger partial charge is 0.151 e. The maximum absolute atomic E-state index is 12.7. The maximum atomic E-state index is 12.7. The summed E-state index contributed by atoms with van der Waals surface area (Å²) in [6.45, 7) is 2.33. The Hall–Kier alpha value is -2.76. The number of ketones is 1. The molecule has 0 unspecified atom stereocenters. The molecule has 29 heavy (non-hydrogen) atoms. The Balaban J connectivity index is 1.30. The molecule has 4 rings (SSSR count). The molecule has 1 aliphatic heterocycles. The number of piperidine rings is 1. The number of hydrogen-bond donors (Lipinski definition) is 2. The van der Waals surface area contributed by atoms with E-state index in [0.717, 1.165) is 53.6 Å². The molecule has 2 N–H and O–H groups in total. The standard InChI is InChI=1S/C24H27N3O2/c28-17-20-5-1-2-9-23(20)26-21-10-13-27(14-11-21)16-22(29)15-19-7-3-6-18-8-4-12-25-24(18)19/h1-9,12,21,26,28H,10-11,13-17H2. The molecule has 2 aromatic carbocycles. The molecular formula is C24H27N3O2. The Bertz CT molecular complexity index is 975. The number of nitrogens with one attached hydrogen (secondary N) is 1. The van der Waals surface area contributed by atoms with Gasteiger partial charge in [-0.3, -0.25) is 14.7 Å². The predicted octanol–water partition coefficient (Wildman–Crippen LogP) is 3.42. The van der Waals surface area contributed by atoms with Gasteiger partial charge in [0.15, 0.2) is 5.78 Å². The molecule has 1 aliphatic rings. The van der Waals surface area contributed by atoms with Crippen LogP contribution < -0.4 is 5.32 Å². The van der Waals surface area contributed by atoms with E-state index in [2.05, 4.69) is 15.2 Å². The fourth-order valence-electron chi connectivity index (χ4n) is 4.08. The normalized spacial score (nSPS) is 15.5. The molecule has 3 aromatic rings. The van der Waals surface area contributed by atoms with Crippen LogP contribution in [-0.4, -0.2) is 46.4 Å². The minimum Gasteiger partial charge on any atom is -0.392 e. The Morgan fingerprint density at radius 3 is 2.62 bits per heavy atom. The molecule has 2 heterocycles. The van der Waals surface area contributed by atoms with Crippen molar-refractivity contribution in [3.63, 3.8) is 0 Å². The summed E-state index contributed by atoms with van der Waals surface area (Å²) in [4.78, 5) is 19.4. The number of anilines is 1. The number of benzene rings is 2. The van der Waals surface area contributed by atoms with Crippen LogP contribution in [0.2, 0.25) is 0 Å². The largest absolute Gasteiger partial charge is 0.392 e. The lowest BCUT2D eigenvalue weighted by atomic mass is 10.0. The van der Waals surface area contributed by atoms with Gasteiger partial charge in [0.1, 0.15) is 0 Å². The maximum Gasteiger partial charge on any atom is 0.151 e. The SMILES string of the molecule is O=C(Cc1cccc2cccnc12)CN1CCC(Nc2ccccc2CO)CC1. The van der Waals surface area contributed by atoms with E-state index >= 15 is 0 Å². The number of pyridine rings is 1. The summed E-state index contributed by atoms with van der Waals surface area (Å²) < 4.78 is 0. The zero-order valence-electron chi connectivity index (χ0n) is 16.6. The summed E-state index contributed by atoms with van der Waals surface area (Å²) in [5.74, 6) is 0.236. The van der Waals surface area contributed by atoms with Gasteiger partial charge in [-0.2, -0.15) is 0 Å². The molecule has 1 saturated heterocycles. The minimum atomic E-state index is 0.0412. The quantitative estimate of drug-likeness (QED) is 0.648. The van der Waals surface area contributed by atoms with Crippen LogP contribution in [-0.2, 0) is 17.8 Å². The lowest BCUT2D eigenvalue weighted by molar-refractivity contribution is -0.119. The highest BCUT2D eigenvalue weighted by Crippen LogP contribution is 2.21. The molecule has 0 saturated carbocycles. The van der Waals surface area contributed by atoms with Crippen molar-refractivity contribution < 1.29 is 9.90 Å². The van der Waals surface area contributed by atoms with Crippen molar-refractivity contribution in [3.05, 3.63) is 71.9 Å². The molecule has 0 amide bonds. The van der Waals surface area contributed by atoms with Crippen LogP contribution in [0.1, 0.15) is 24.0 Å². The fraction of sp³-hybridized carbons (Fsp3) is 0.333. The summed E-state index contributed by atoms with van der Waals surface area (Å²) in [5.41, 5.74) is 3.86. The van der Waals surface area contributed by atoms with Crippen molar-refractivity contribution in [2.24, 2.45) is 0 Å². The lowest BCUT2D eigenvalue weighted by Gasteiger charge is -2.32. The Morgan fingerprint density at radius 2 is 1.79 bits per heavy atom. The fourth-order valence-corrected chi connectivity index (χ4v) is 4.08. The molecule has 1 fully saturated rings. The Morgan fingerprint density at radius 1 is 1.03 bits per heavy atom. The highest BCUT2D eigenvalue weighted by molar-refractivity contribution is 5.89. The van der Waals surface area contributed by atoms with Gasteiger partial charge in [0.25, 0.3) is 0 Å². The third-order valence-corrected chi connectivity index (χ3v) is 5.64. The number of rotatable bonds is 7. The van der Waals surface area contributed by atoms with E-state index in [1.807, 2.05) is 54.6 Å². The minimum absolute atomic E-state index is 0.0412. The van der Waals surface area contributed by atoms with Crippen LogP contribution in [0.4, 0.5) is 5.69 Å². The van der Waals surface area contributed by atoms with Crippen LogP contribution in [0.5, 0.6) is 0 Å². The summed E-state index contributed by atoms with van der Waals surface area (Å²) in [5, 5.41) is 14.1. The van der Waals surface area contributed by atoms with Gasteiger partial charge in [0, 0.05) is 48.4 Å². The van der Waals surface area contributed by atoms with Crippen LogP contribution >= 0.6 is 0 Å². The third-order valence-electron chi connectivity index (χ3n) is 5.64. The molecule has 0 aliphatic carbocycles. The second-order valence-corrected chi connectivity index (χ2v) is 7.72. The van der Waals surface area contributed by atoms with E-state index in [9.17, 15) is 9.90 Å². The van der Waals surface area contributed by atoms with Crippen molar-refractivity contribution >= 4 is 22.4 Å². The summed E-state index contributed by atoms with van der Waals surface area (Å²) in [7, 11) is 0. The molecule has 0 atom stereocenters. The van der Waals surface area contributed by atoms with E-state index in [-0.39, 0.29) is 12.4 Å². The van der Waals surface area contributed by atoms with Gasteiger partial charge in [-0.25, -0.2) is 0 Å². The number of likely N-dealkylation sites (tertiary alicyclic amines) is 1. The van der Waals surface area contributed by atoms with E-state index in [1.165, 1.54) is 0 Å². The number of nitrogens with zero attached hydrogens (tertiary/aromatic N) is 2. The summed E-state index contributed by atoms with van der Waals surface area (Å²) in [6.07, 6.45) is 4.19. The number of aliphatic hydroxyl groups excluding tert-OH is 1. The number of carbonyl (C=O) groups excluding carboxylic acids is 1. The lowest BCUT2D eigenvalue weighted by Crippen LogP contribution is -2.41. The molecular weight excluding hydrogens is 362 g/mol. The number of para-hydroxylation sites is 2. The van der Waals surface area contributed by atoms with Gasteiger partial charge in [-0.1, -0.05) is 42.5 Å². The first-order valence-electron chi connectivity index (χ1n) is 10.2. The number of carbonyl (C=O) groups is 1. The summed E-state index contributed by atoms with van der Waals surface area (Å²) >= 11 is 0. The predicted molar refractivity (Wildman–Crippen MR) is 116 cm³/mol. The Labute approximate surface area is 171 Å². The molecule has 5 nitrogen and oxygen atoms in total. The molecule has 150 valence electrons. The third kappa shape index (κ3) is 4.81. The van der Waals surface area contributed by atoms with Gasteiger partial charge < -0.3 is 10.4 Å². The second kappa shape index (κ2) is 9.16. The molecule has 0 spiro atoms. The highest BCUT2D eigenvalue weighted by atomic mass is 16.3. The van der Waals surface area contributed by atoms with Gasteiger partial charge >= 0.3 is 0 Å². The molecule has 0 radical (unpaired) electrons. The average molecular weight is 389 g/mol. The van der Waals surface area contributed by atoms with Gasteiger partial charge in [-0.05, 0) is 30.5 Å². The molecule has 1 aromatic heterocycles. The van der Waals surface area contributed by atoms with Crippen molar-refractivity contribution in [2.75, 3.05) is 25.0 Å². The average Bonchev–Trinajstić information content (AvgIpc) is 2.76. The zero-order valence-corrected chi connectivity index (χ0v) is 16.6. The topological polar surface area (TPSA) is 65.5 Å². The van der Waals surface area contributed by atoms with Crippen LogP contribution in [0, 0.1) is 0 Å². The zero-order chi connectivity index (χ0) is 20.1. The Kier molecular flexibility index (Phi) is 6.17. The van der Waals surface area contributed by atoms with Gasteiger partial charge in [0.05, 0.1) is 18.7 Å². The number of Topliss-reactive ketones (excluding diaryl/α,β-unsaturated/α-hetero) is 1. The van der Waals surface area contributed by atoms with Crippen molar-refractivity contribution in [2.45, 2.75) is 31.9 Å². The van der Waals surface area contributed by atoms with Gasteiger partial charge in [-0.15, -0.1) is 0 Å². The molecule has 0 bridgehead atoms.